The van der Waals surface area contributed by atoms with E-state index in [-0.39, 0.29) is 0 Å². The van der Waals surface area contributed by atoms with E-state index in [4.69, 9.17) is 5.73 Å². The molecule has 80 valence electrons. The zero-order chi connectivity index (χ0) is 10.4. The van der Waals surface area contributed by atoms with E-state index in [1.165, 1.54) is 13.0 Å². The molecule has 0 heterocycles. The molecule has 2 nitrogen and oxygen atoms in total. The Hall–Kier alpha value is -0.0800. The molecular weight excluding hydrogens is 160 g/mol. The molecule has 0 spiro atoms. The maximum Gasteiger partial charge on any atom is 0.00645 e. The minimum Gasteiger partial charge on any atom is -0.328 e. The smallest absolute Gasteiger partial charge is 0.00645 e. The fraction of sp³-hybridized carbons (Fsp3) is 1.00. The molecule has 2 heteroatoms. The summed E-state index contributed by atoms with van der Waals surface area (Å²) in [5.41, 5.74) is 5.72. The van der Waals surface area contributed by atoms with Crippen LogP contribution in [-0.4, -0.2) is 30.6 Å². The average Bonchev–Trinajstić information content (AvgIpc) is 1.98. The van der Waals surface area contributed by atoms with Crippen LogP contribution >= 0.6 is 0 Å². The predicted octanol–water partition coefficient (Wildman–Crippen LogP) is 2.09. The van der Waals surface area contributed by atoms with Crippen LogP contribution in [-0.2, 0) is 0 Å². The molecule has 2 atom stereocenters. The second-order valence-corrected chi connectivity index (χ2v) is 4.74. The van der Waals surface area contributed by atoms with Gasteiger partial charge in [-0.15, -0.1) is 0 Å². The molecule has 0 saturated heterocycles. The van der Waals surface area contributed by atoms with Gasteiger partial charge in [-0.3, -0.25) is 0 Å². The number of hydrogen-bond donors (Lipinski definition) is 1. The zero-order valence-corrected chi connectivity index (χ0v) is 9.88. The molecule has 0 aliphatic heterocycles. The SMILES string of the molecule is CC(C)CN(C)C(C)CCC(C)N. The van der Waals surface area contributed by atoms with E-state index >= 15 is 0 Å². The molecular formula is C11H26N2. The minimum absolute atomic E-state index is 0.342. The van der Waals surface area contributed by atoms with Gasteiger partial charge in [-0.2, -0.15) is 0 Å². The maximum atomic E-state index is 5.72. The Kier molecular flexibility index (Phi) is 6.35. The summed E-state index contributed by atoms with van der Waals surface area (Å²) in [4.78, 5) is 2.42. The predicted molar refractivity (Wildman–Crippen MR) is 59.8 cm³/mol. The Morgan fingerprint density at radius 1 is 1.08 bits per heavy atom. The van der Waals surface area contributed by atoms with Crippen molar-refractivity contribution in [3.05, 3.63) is 0 Å². The first-order valence-corrected chi connectivity index (χ1v) is 5.39. The molecule has 0 radical (unpaired) electrons. The van der Waals surface area contributed by atoms with Gasteiger partial charge < -0.3 is 10.6 Å². The summed E-state index contributed by atoms with van der Waals surface area (Å²) in [6.45, 7) is 10.1. The van der Waals surface area contributed by atoms with Gasteiger partial charge in [0.1, 0.15) is 0 Å². The third-order valence-corrected chi connectivity index (χ3v) is 2.45. The van der Waals surface area contributed by atoms with Crippen LogP contribution in [0.25, 0.3) is 0 Å². The van der Waals surface area contributed by atoms with E-state index in [1.807, 2.05) is 0 Å². The molecule has 0 bridgehead atoms. The van der Waals surface area contributed by atoms with Gasteiger partial charge in [0, 0.05) is 18.6 Å². The highest BCUT2D eigenvalue weighted by atomic mass is 15.1. The first-order valence-electron chi connectivity index (χ1n) is 5.39. The highest BCUT2D eigenvalue weighted by molar-refractivity contribution is 4.67. The lowest BCUT2D eigenvalue weighted by Crippen LogP contribution is -2.33. The Labute approximate surface area is 83.5 Å². The molecule has 0 aromatic heterocycles. The summed E-state index contributed by atoms with van der Waals surface area (Å²) in [5, 5.41) is 0. The van der Waals surface area contributed by atoms with Gasteiger partial charge in [0.05, 0.1) is 0 Å². The van der Waals surface area contributed by atoms with Crippen LogP contribution in [0.2, 0.25) is 0 Å². The van der Waals surface area contributed by atoms with Crippen molar-refractivity contribution in [3.63, 3.8) is 0 Å². The lowest BCUT2D eigenvalue weighted by Gasteiger charge is -2.26. The van der Waals surface area contributed by atoms with Crippen molar-refractivity contribution >= 4 is 0 Å². The van der Waals surface area contributed by atoms with Crippen LogP contribution in [0.3, 0.4) is 0 Å². The molecule has 2 N–H and O–H groups in total. The van der Waals surface area contributed by atoms with Crippen LogP contribution in [0.4, 0.5) is 0 Å². The van der Waals surface area contributed by atoms with Gasteiger partial charge in [0.25, 0.3) is 0 Å². The Morgan fingerprint density at radius 3 is 2.00 bits per heavy atom. The summed E-state index contributed by atoms with van der Waals surface area (Å²) in [7, 11) is 2.20. The summed E-state index contributed by atoms with van der Waals surface area (Å²) < 4.78 is 0. The highest BCUT2D eigenvalue weighted by Gasteiger charge is 2.10. The largest absolute Gasteiger partial charge is 0.328 e. The third-order valence-electron chi connectivity index (χ3n) is 2.45. The minimum atomic E-state index is 0.342. The van der Waals surface area contributed by atoms with Crippen molar-refractivity contribution in [2.75, 3.05) is 13.6 Å². The second kappa shape index (κ2) is 6.39. The lowest BCUT2D eigenvalue weighted by molar-refractivity contribution is 0.216. The normalized spacial score (nSPS) is 16.6. The highest BCUT2D eigenvalue weighted by Crippen LogP contribution is 2.08. The van der Waals surface area contributed by atoms with E-state index in [9.17, 15) is 0 Å². The molecule has 0 aliphatic carbocycles. The lowest BCUT2D eigenvalue weighted by atomic mass is 10.1. The topological polar surface area (TPSA) is 29.3 Å². The summed E-state index contributed by atoms with van der Waals surface area (Å²) in [6.07, 6.45) is 2.34. The van der Waals surface area contributed by atoms with E-state index in [0.717, 1.165) is 12.3 Å². The van der Waals surface area contributed by atoms with Crippen molar-refractivity contribution in [2.45, 2.75) is 52.6 Å². The Morgan fingerprint density at radius 2 is 1.62 bits per heavy atom. The van der Waals surface area contributed by atoms with Crippen molar-refractivity contribution in [2.24, 2.45) is 11.7 Å². The zero-order valence-electron chi connectivity index (χ0n) is 9.88. The van der Waals surface area contributed by atoms with Gasteiger partial charge in [0.15, 0.2) is 0 Å². The molecule has 0 amide bonds. The fourth-order valence-electron chi connectivity index (χ4n) is 1.48. The number of rotatable bonds is 6. The maximum absolute atomic E-state index is 5.72. The molecule has 0 saturated carbocycles. The Balaban J connectivity index is 3.62. The van der Waals surface area contributed by atoms with E-state index in [1.54, 1.807) is 0 Å². The van der Waals surface area contributed by atoms with Crippen LogP contribution in [0.15, 0.2) is 0 Å². The molecule has 0 fully saturated rings. The van der Waals surface area contributed by atoms with Crippen molar-refractivity contribution in [1.82, 2.24) is 4.90 Å². The first-order chi connectivity index (χ1) is 5.93. The van der Waals surface area contributed by atoms with Crippen LogP contribution in [0.5, 0.6) is 0 Å². The quantitative estimate of drug-likeness (QED) is 0.688. The molecule has 2 unspecified atom stereocenters. The van der Waals surface area contributed by atoms with Gasteiger partial charge in [-0.1, -0.05) is 13.8 Å². The monoisotopic (exact) mass is 186 g/mol. The molecule has 0 rings (SSSR count). The Bertz CT molecular complexity index is 121. The van der Waals surface area contributed by atoms with Crippen LogP contribution in [0.1, 0.15) is 40.5 Å². The van der Waals surface area contributed by atoms with E-state index < -0.39 is 0 Å². The molecule has 0 aromatic rings. The summed E-state index contributed by atoms with van der Waals surface area (Å²) >= 11 is 0. The number of hydrogen-bond acceptors (Lipinski definition) is 2. The van der Waals surface area contributed by atoms with Crippen molar-refractivity contribution in [3.8, 4) is 0 Å². The van der Waals surface area contributed by atoms with E-state index in [2.05, 4.69) is 39.6 Å². The standard InChI is InChI=1S/C11H26N2/c1-9(2)8-13(5)11(4)7-6-10(3)12/h9-11H,6-8,12H2,1-5H3. The van der Waals surface area contributed by atoms with Crippen molar-refractivity contribution < 1.29 is 0 Å². The third kappa shape index (κ3) is 7.03. The van der Waals surface area contributed by atoms with Crippen molar-refractivity contribution in [1.29, 1.82) is 0 Å². The number of nitrogens with two attached hydrogens (primary N) is 1. The number of nitrogens with zero attached hydrogens (tertiary/aromatic N) is 1. The molecule has 13 heavy (non-hydrogen) atoms. The first kappa shape index (κ1) is 12.9. The van der Waals surface area contributed by atoms with Gasteiger partial charge in [-0.25, -0.2) is 0 Å². The molecule has 0 aromatic carbocycles. The fourth-order valence-corrected chi connectivity index (χ4v) is 1.48. The average molecular weight is 186 g/mol. The second-order valence-electron chi connectivity index (χ2n) is 4.74. The van der Waals surface area contributed by atoms with Gasteiger partial charge in [0.2, 0.25) is 0 Å². The van der Waals surface area contributed by atoms with Crippen LogP contribution in [0, 0.1) is 5.92 Å². The van der Waals surface area contributed by atoms with Gasteiger partial charge in [-0.05, 0) is 39.7 Å². The summed E-state index contributed by atoms with van der Waals surface area (Å²) in [5.74, 6) is 0.753. The summed E-state index contributed by atoms with van der Waals surface area (Å²) in [6, 6.07) is 1.00. The van der Waals surface area contributed by atoms with E-state index in [0.29, 0.717) is 12.1 Å². The molecule has 0 aliphatic rings. The van der Waals surface area contributed by atoms with Crippen LogP contribution < -0.4 is 5.73 Å². The van der Waals surface area contributed by atoms with Gasteiger partial charge >= 0.3 is 0 Å².